The van der Waals surface area contributed by atoms with E-state index in [2.05, 4.69) is 10.6 Å². The molecule has 1 aliphatic heterocycles. The molecule has 5 nitrogen and oxygen atoms in total. The fraction of sp³-hybridized carbons (Fsp3) is 0.600. The molecule has 1 saturated heterocycles. The smallest absolute Gasteiger partial charge is 0.244 e. The zero-order valence-electron chi connectivity index (χ0n) is 5.39. The van der Waals surface area contributed by atoms with Crippen LogP contribution in [0.15, 0.2) is 0 Å². The number of hydrogen-bond acceptors (Lipinski definition) is 3. The van der Waals surface area contributed by atoms with E-state index in [-0.39, 0.29) is 24.4 Å². The van der Waals surface area contributed by atoms with Crippen LogP contribution < -0.4 is 16.4 Å². The maximum atomic E-state index is 10.5. The SMILES string of the molecule is NCC(=O)NC1CNC1=O. The fourth-order valence-corrected chi connectivity index (χ4v) is 0.657. The van der Waals surface area contributed by atoms with Crippen LogP contribution in [0.5, 0.6) is 0 Å². The molecule has 0 bridgehead atoms. The Hall–Kier alpha value is -1.10. The molecule has 1 atom stereocenters. The van der Waals surface area contributed by atoms with Crippen molar-refractivity contribution in [2.24, 2.45) is 5.73 Å². The van der Waals surface area contributed by atoms with E-state index in [9.17, 15) is 9.59 Å². The number of amides is 2. The molecule has 1 rings (SSSR count). The second-order valence-electron chi connectivity index (χ2n) is 2.07. The van der Waals surface area contributed by atoms with Crippen molar-refractivity contribution in [1.29, 1.82) is 0 Å². The van der Waals surface area contributed by atoms with E-state index in [4.69, 9.17) is 5.73 Å². The highest BCUT2D eigenvalue weighted by Gasteiger charge is 2.28. The molecule has 0 spiro atoms. The van der Waals surface area contributed by atoms with Crippen LogP contribution in [0.2, 0.25) is 0 Å². The van der Waals surface area contributed by atoms with E-state index < -0.39 is 0 Å². The van der Waals surface area contributed by atoms with Gasteiger partial charge in [0.1, 0.15) is 6.04 Å². The molecule has 0 aromatic carbocycles. The normalized spacial score (nSPS) is 22.9. The largest absolute Gasteiger partial charge is 0.352 e. The lowest BCUT2D eigenvalue weighted by Gasteiger charge is -2.26. The maximum absolute atomic E-state index is 10.5. The van der Waals surface area contributed by atoms with Gasteiger partial charge in [-0.2, -0.15) is 0 Å². The molecule has 1 unspecified atom stereocenters. The third kappa shape index (κ3) is 1.24. The van der Waals surface area contributed by atoms with E-state index in [1.165, 1.54) is 0 Å². The number of rotatable bonds is 2. The van der Waals surface area contributed by atoms with Crippen LogP contribution in [-0.2, 0) is 9.59 Å². The van der Waals surface area contributed by atoms with E-state index in [0.29, 0.717) is 6.54 Å². The summed E-state index contributed by atoms with van der Waals surface area (Å²) >= 11 is 0. The fourth-order valence-electron chi connectivity index (χ4n) is 0.657. The summed E-state index contributed by atoms with van der Waals surface area (Å²) in [6.45, 7) is 0.453. The van der Waals surface area contributed by atoms with Crippen LogP contribution in [-0.4, -0.2) is 30.9 Å². The Morgan fingerprint density at radius 3 is 2.90 bits per heavy atom. The molecule has 0 saturated carbocycles. The number of carbonyl (C=O) groups is 2. The Balaban J connectivity index is 2.25. The van der Waals surface area contributed by atoms with Gasteiger partial charge in [0.05, 0.1) is 6.54 Å². The van der Waals surface area contributed by atoms with Crippen molar-refractivity contribution in [1.82, 2.24) is 10.6 Å². The van der Waals surface area contributed by atoms with Crippen molar-refractivity contribution < 1.29 is 9.59 Å². The van der Waals surface area contributed by atoms with Crippen LogP contribution in [0.3, 0.4) is 0 Å². The van der Waals surface area contributed by atoms with Gasteiger partial charge in [-0.1, -0.05) is 0 Å². The summed E-state index contributed by atoms with van der Waals surface area (Å²) < 4.78 is 0. The van der Waals surface area contributed by atoms with Crippen molar-refractivity contribution in [2.45, 2.75) is 6.04 Å². The molecule has 5 heteroatoms. The second-order valence-corrected chi connectivity index (χ2v) is 2.07. The second kappa shape index (κ2) is 2.66. The van der Waals surface area contributed by atoms with Gasteiger partial charge in [-0.25, -0.2) is 0 Å². The Labute approximate surface area is 58.0 Å². The summed E-state index contributed by atoms with van der Waals surface area (Å²) in [5, 5.41) is 4.93. The average molecular weight is 143 g/mol. The molecule has 0 aromatic heterocycles. The first-order chi connectivity index (χ1) is 4.74. The lowest BCUT2D eigenvalue weighted by atomic mass is 10.1. The lowest BCUT2D eigenvalue weighted by Crippen LogP contribution is -2.62. The van der Waals surface area contributed by atoms with Gasteiger partial charge in [0.25, 0.3) is 0 Å². The summed E-state index contributed by atoms with van der Waals surface area (Å²) in [5.41, 5.74) is 5.00. The zero-order chi connectivity index (χ0) is 7.56. The first-order valence-corrected chi connectivity index (χ1v) is 3.01. The third-order valence-corrected chi connectivity index (χ3v) is 1.32. The standard InChI is InChI=1S/C5H9N3O2/c6-1-4(9)8-3-2-7-5(3)10/h3H,1-2,6H2,(H,7,10)(H,8,9). The molecule has 2 amide bonds. The Kier molecular flexibility index (Phi) is 1.86. The van der Waals surface area contributed by atoms with Crippen molar-refractivity contribution in [2.75, 3.05) is 13.1 Å². The third-order valence-electron chi connectivity index (χ3n) is 1.32. The van der Waals surface area contributed by atoms with E-state index >= 15 is 0 Å². The number of hydrogen-bond donors (Lipinski definition) is 3. The summed E-state index contributed by atoms with van der Waals surface area (Å²) in [6.07, 6.45) is 0. The quantitative estimate of drug-likeness (QED) is 0.375. The van der Waals surface area contributed by atoms with Gasteiger partial charge in [-0.05, 0) is 0 Å². The minimum atomic E-state index is -0.351. The van der Waals surface area contributed by atoms with Crippen molar-refractivity contribution in [3.63, 3.8) is 0 Å². The maximum Gasteiger partial charge on any atom is 0.244 e. The van der Waals surface area contributed by atoms with Gasteiger partial charge < -0.3 is 16.4 Å². The van der Waals surface area contributed by atoms with Crippen molar-refractivity contribution >= 4 is 11.8 Å². The minimum absolute atomic E-state index is 0.0657. The Bertz CT molecular complexity index is 168. The highest BCUT2D eigenvalue weighted by atomic mass is 16.2. The van der Waals surface area contributed by atoms with E-state index in [0.717, 1.165) is 0 Å². The van der Waals surface area contributed by atoms with Gasteiger partial charge >= 0.3 is 0 Å². The molecule has 0 radical (unpaired) electrons. The number of nitrogens with two attached hydrogens (primary N) is 1. The Morgan fingerprint density at radius 1 is 1.90 bits per heavy atom. The molecule has 1 aliphatic rings. The highest BCUT2D eigenvalue weighted by Crippen LogP contribution is 1.91. The van der Waals surface area contributed by atoms with Gasteiger partial charge in [0, 0.05) is 6.54 Å². The Morgan fingerprint density at radius 2 is 2.60 bits per heavy atom. The zero-order valence-corrected chi connectivity index (χ0v) is 5.39. The predicted octanol–water partition coefficient (Wildman–Crippen LogP) is -2.44. The van der Waals surface area contributed by atoms with Gasteiger partial charge in [0.2, 0.25) is 11.8 Å². The summed E-state index contributed by atoms with van der Waals surface area (Å²) in [7, 11) is 0. The van der Waals surface area contributed by atoms with Gasteiger partial charge in [-0.3, -0.25) is 9.59 Å². The number of β-lactam (4-membered cyclic amide) rings is 1. The van der Waals surface area contributed by atoms with Crippen molar-refractivity contribution in [3.8, 4) is 0 Å². The van der Waals surface area contributed by atoms with Gasteiger partial charge in [0.15, 0.2) is 0 Å². The first kappa shape index (κ1) is 7.01. The van der Waals surface area contributed by atoms with Crippen LogP contribution >= 0.6 is 0 Å². The number of nitrogens with one attached hydrogen (secondary N) is 2. The molecule has 1 fully saturated rings. The monoisotopic (exact) mass is 143 g/mol. The van der Waals surface area contributed by atoms with Crippen molar-refractivity contribution in [3.05, 3.63) is 0 Å². The topological polar surface area (TPSA) is 84.2 Å². The van der Waals surface area contributed by atoms with Crippen LogP contribution in [0.25, 0.3) is 0 Å². The molecule has 4 N–H and O–H groups in total. The van der Waals surface area contributed by atoms with Gasteiger partial charge in [-0.15, -0.1) is 0 Å². The predicted molar refractivity (Wildman–Crippen MR) is 34.0 cm³/mol. The molecular formula is C5H9N3O2. The van der Waals surface area contributed by atoms with E-state index in [1.54, 1.807) is 0 Å². The molecular weight excluding hydrogens is 134 g/mol. The van der Waals surface area contributed by atoms with Crippen LogP contribution in [0.1, 0.15) is 0 Å². The molecule has 0 aromatic rings. The minimum Gasteiger partial charge on any atom is -0.352 e. The van der Waals surface area contributed by atoms with Crippen LogP contribution in [0.4, 0.5) is 0 Å². The molecule has 56 valence electrons. The molecule has 10 heavy (non-hydrogen) atoms. The molecule has 1 heterocycles. The first-order valence-electron chi connectivity index (χ1n) is 3.01. The number of carbonyl (C=O) groups excluding carboxylic acids is 2. The van der Waals surface area contributed by atoms with E-state index in [1.807, 2.05) is 0 Å². The lowest BCUT2D eigenvalue weighted by molar-refractivity contribution is -0.132. The highest BCUT2D eigenvalue weighted by molar-refractivity contribution is 5.92. The summed E-state index contributed by atoms with van der Waals surface area (Å²) in [6, 6.07) is -0.351. The molecule has 0 aliphatic carbocycles. The summed E-state index contributed by atoms with van der Waals surface area (Å²) in [5.74, 6) is -0.429. The summed E-state index contributed by atoms with van der Waals surface area (Å²) in [4.78, 5) is 21.1. The van der Waals surface area contributed by atoms with Crippen LogP contribution in [0, 0.1) is 0 Å². The average Bonchev–Trinajstić information content (AvgIpc) is 1.96.